The second-order valence-corrected chi connectivity index (χ2v) is 6.69. The molecule has 0 unspecified atom stereocenters. The molecule has 1 saturated heterocycles. The zero-order valence-corrected chi connectivity index (χ0v) is 14.5. The molecule has 0 radical (unpaired) electrons. The third-order valence-electron chi connectivity index (χ3n) is 3.44. The van der Waals surface area contributed by atoms with Crippen LogP contribution in [0.15, 0.2) is 46.8 Å². The van der Waals surface area contributed by atoms with Gasteiger partial charge in [0.15, 0.2) is 0 Å². The van der Waals surface area contributed by atoms with Crippen molar-refractivity contribution in [1.82, 2.24) is 14.3 Å². The molecule has 2 aromatic rings. The SMILES string of the molecule is C=CCNc1nc2ccccn2c(=O)c1C=C1SC(=S)N(C)C1=O. The predicted octanol–water partition coefficient (Wildman–Crippen LogP) is 2.12. The van der Waals surface area contributed by atoms with Crippen LogP contribution >= 0.6 is 24.0 Å². The monoisotopic (exact) mass is 358 g/mol. The van der Waals surface area contributed by atoms with Crippen molar-refractivity contribution in [2.75, 3.05) is 18.9 Å². The van der Waals surface area contributed by atoms with E-state index in [9.17, 15) is 9.59 Å². The highest BCUT2D eigenvalue weighted by Crippen LogP contribution is 2.31. The maximum Gasteiger partial charge on any atom is 0.267 e. The number of nitrogens with zero attached hydrogens (tertiary/aromatic N) is 3. The fourth-order valence-corrected chi connectivity index (χ4v) is 3.37. The molecule has 0 aliphatic carbocycles. The Morgan fingerprint density at radius 3 is 2.88 bits per heavy atom. The fraction of sp³-hybridized carbons (Fsp3) is 0.125. The van der Waals surface area contributed by atoms with Gasteiger partial charge in [-0.05, 0) is 18.2 Å². The standard InChI is InChI=1S/C16H14N4O2S2/c1-3-7-17-13-10(9-11-15(22)19(2)16(23)24-11)14(21)20-8-5-4-6-12(20)18-13/h3-6,8-9,17H,1,7H2,2H3. The highest BCUT2D eigenvalue weighted by atomic mass is 32.2. The van der Waals surface area contributed by atoms with E-state index in [0.29, 0.717) is 32.8 Å². The molecule has 3 heterocycles. The molecule has 6 nitrogen and oxygen atoms in total. The van der Waals surface area contributed by atoms with Crippen molar-refractivity contribution in [3.8, 4) is 0 Å². The van der Waals surface area contributed by atoms with E-state index in [-0.39, 0.29) is 11.5 Å². The van der Waals surface area contributed by atoms with Gasteiger partial charge in [0.1, 0.15) is 15.8 Å². The predicted molar refractivity (Wildman–Crippen MR) is 101 cm³/mol. The van der Waals surface area contributed by atoms with Crippen LogP contribution < -0.4 is 10.9 Å². The first-order valence-electron chi connectivity index (χ1n) is 7.10. The quantitative estimate of drug-likeness (QED) is 0.513. The smallest absolute Gasteiger partial charge is 0.267 e. The third-order valence-corrected chi connectivity index (χ3v) is 4.93. The Morgan fingerprint density at radius 2 is 2.21 bits per heavy atom. The Kier molecular flexibility index (Phi) is 4.50. The van der Waals surface area contributed by atoms with E-state index in [1.807, 2.05) is 0 Å². The Labute approximate surface area is 147 Å². The van der Waals surface area contributed by atoms with Crippen molar-refractivity contribution in [2.24, 2.45) is 0 Å². The van der Waals surface area contributed by atoms with Crippen LogP contribution in [0.2, 0.25) is 0 Å². The summed E-state index contributed by atoms with van der Waals surface area (Å²) in [7, 11) is 1.61. The number of anilines is 1. The number of nitrogens with one attached hydrogen (secondary N) is 1. The van der Waals surface area contributed by atoms with Crippen molar-refractivity contribution in [1.29, 1.82) is 0 Å². The molecule has 1 aliphatic heterocycles. The minimum Gasteiger partial charge on any atom is -0.366 e. The molecular weight excluding hydrogens is 344 g/mol. The van der Waals surface area contributed by atoms with Gasteiger partial charge in [0.25, 0.3) is 11.5 Å². The van der Waals surface area contributed by atoms with Crippen LogP contribution in [-0.2, 0) is 4.79 Å². The first-order valence-corrected chi connectivity index (χ1v) is 8.33. The average Bonchev–Trinajstić information content (AvgIpc) is 2.83. The summed E-state index contributed by atoms with van der Waals surface area (Å²) in [5.74, 6) is 0.185. The number of pyridine rings is 1. The van der Waals surface area contributed by atoms with E-state index in [4.69, 9.17) is 12.2 Å². The Balaban J connectivity index is 2.20. The number of aromatic nitrogens is 2. The largest absolute Gasteiger partial charge is 0.366 e. The molecule has 0 saturated carbocycles. The van der Waals surface area contributed by atoms with E-state index in [0.717, 1.165) is 0 Å². The molecule has 0 bridgehead atoms. The summed E-state index contributed by atoms with van der Waals surface area (Å²) in [5, 5.41) is 3.05. The molecule has 24 heavy (non-hydrogen) atoms. The summed E-state index contributed by atoms with van der Waals surface area (Å²) in [4.78, 5) is 31.3. The summed E-state index contributed by atoms with van der Waals surface area (Å²) in [6.45, 7) is 4.10. The van der Waals surface area contributed by atoms with Crippen LogP contribution in [0.25, 0.3) is 11.7 Å². The summed E-state index contributed by atoms with van der Waals surface area (Å²) in [6, 6.07) is 5.30. The lowest BCUT2D eigenvalue weighted by Crippen LogP contribution is -2.23. The lowest BCUT2D eigenvalue weighted by molar-refractivity contribution is -0.121. The van der Waals surface area contributed by atoms with Gasteiger partial charge in [-0.25, -0.2) is 4.98 Å². The molecule has 0 spiro atoms. The lowest BCUT2D eigenvalue weighted by atomic mass is 10.2. The maximum atomic E-state index is 12.8. The molecule has 1 fully saturated rings. The minimum atomic E-state index is -0.256. The van der Waals surface area contributed by atoms with Gasteiger partial charge in [-0.3, -0.25) is 18.9 Å². The number of hydrogen-bond donors (Lipinski definition) is 1. The van der Waals surface area contributed by atoms with Gasteiger partial charge >= 0.3 is 0 Å². The van der Waals surface area contributed by atoms with E-state index in [2.05, 4.69) is 16.9 Å². The van der Waals surface area contributed by atoms with Crippen molar-refractivity contribution in [3.63, 3.8) is 0 Å². The van der Waals surface area contributed by atoms with Crippen LogP contribution in [-0.4, -0.2) is 38.1 Å². The molecule has 1 aliphatic rings. The van der Waals surface area contributed by atoms with Gasteiger partial charge in [-0.15, -0.1) is 6.58 Å². The average molecular weight is 358 g/mol. The van der Waals surface area contributed by atoms with Gasteiger partial charge in [0.2, 0.25) is 0 Å². The Bertz CT molecular complexity index is 949. The van der Waals surface area contributed by atoms with Crippen LogP contribution in [0.3, 0.4) is 0 Å². The number of carbonyl (C=O) groups excluding carboxylic acids is 1. The molecule has 0 atom stereocenters. The first kappa shape index (κ1) is 16.4. The van der Waals surface area contributed by atoms with E-state index >= 15 is 0 Å². The fourth-order valence-electron chi connectivity index (χ4n) is 2.21. The van der Waals surface area contributed by atoms with Gasteiger partial charge in [-0.2, -0.15) is 0 Å². The van der Waals surface area contributed by atoms with Crippen molar-refractivity contribution < 1.29 is 4.79 Å². The number of rotatable bonds is 4. The van der Waals surface area contributed by atoms with Crippen molar-refractivity contribution >= 4 is 51.7 Å². The second kappa shape index (κ2) is 6.58. The van der Waals surface area contributed by atoms with E-state index in [1.54, 1.807) is 43.6 Å². The molecule has 1 N–H and O–H groups in total. The van der Waals surface area contributed by atoms with Gasteiger partial charge < -0.3 is 5.32 Å². The molecule has 8 heteroatoms. The van der Waals surface area contributed by atoms with Gasteiger partial charge in [-0.1, -0.05) is 36.1 Å². The summed E-state index contributed by atoms with van der Waals surface area (Å²) >= 11 is 6.29. The summed E-state index contributed by atoms with van der Waals surface area (Å²) in [6.07, 6.45) is 4.86. The highest BCUT2D eigenvalue weighted by molar-refractivity contribution is 8.26. The molecule has 2 aromatic heterocycles. The zero-order chi connectivity index (χ0) is 17.3. The lowest BCUT2D eigenvalue weighted by Gasteiger charge is -2.09. The van der Waals surface area contributed by atoms with Crippen molar-refractivity contribution in [3.05, 3.63) is 57.9 Å². The normalized spacial score (nSPS) is 16.2. The van der Waals surface area contributed by atoms with E-state index in [1.165, 1.54) is 21.1 Å². The maximum absolute atomic E-state index is 12.8. The van der Waals surface area contributed by atoms with E-state index < -0.39 is 0 Å². The Morgan fingerprint density at radius 1 is 1.42 bits per heavy atom. The molecular formula is C16H14N4O2S2. The summed E-state index contributed by atoms with van der Waals surface area (Å²) in [5.41, 5.74) is 0.581. The van der Waals surface area contributed by atoms with Crippen LogP contribution in [0.5, 0.6) is 0 Å². The van der Waals surface area contributed by atoms with Crippen LogP contribution in [0.4, 0.5) is 5.82 Å². The number of thioether (sulfide) groups is 1. The number of likely N-dealkylation sites (N-methyl/N-ethyl adjacent to an activating group) is 1. The number of amides is 1. The molecule has 0 aromatic carbocycles. The third kappa shape index (κ3) is 2.85. The van der Waals surface area contributed by atoms with Gasteiger partial charge in [0.05, 0.1) is 10.5 Å². The first-order chi connectivity index (χ1) is 11.5. The number of fused-ring (bicyclic) bond motifs is 1. The van der Waals surface area contributed by atoms with Crippen LogP contribution in [0.1, 0.15) is 5.56 Å². The van der Waals surface area contributed by atoms with Crippen LogP contribution in [0, 0.1) is 0 Å². The van der Waals surface area contributed by atoms with Crippen molar-refractivity contribution in [2.45, 2.75) is 0 Å². The van der Waals surface area contributed by atoms with Gasteiger partial charge in [0, 0.05) is 19.8 Å². The summed E-state index contributed by atoms with van der Waals surface area (Å²) < 4.78 is 1.90. The Hall–Kier alpha value is -2.45. The molecule has 3 rings (SSSR count). The zero-order valence-electron chi connectivity index (χ0n) is 12.9. The number of carbonyl (C=O) groups is 1. The molecule has 1 amide bonds. The molecule has 122 valence electrons. The second-order valence-electron chi connectivity index (χ2n) is 5.02. The number of thiocarbonyl (C=S) groups is 1. The highest BCUT2D eigenvalue weighted by Gasteiger charge is 2.29. The number of hydrogen-bond acceptors (Lipinski definition) is 6. The minimum absolute atomic E-state index is 0.225. The topological polar surface area (TPSA) is 66.7 Å².